The summed E-state index contributed by atoms with van der Waals surface area (Å²) in [5.41, 5.74) is 0. The van der Waals surface area contributed by atoms with Crippen LogP contribution >= 0.6 is 0 Å². The number of hydrogen-bond acceptors (Lipinski definition) is 5. The average Bonchev–Trinajstić information content (AvgIpc) is 2.93. The lowest BCUT2D eigenvalue weighted by Crippen LogP contribution is -2.29. The molecule has 2 rings (SSSR count). The Bertz CT molecular complexity index is 410. The molecule has 1 aliphatic heterocycles. The molecule has 2 N–H and O–H groups in total. The Morgan fingerprint density at radius 1 is 1.35 bits per heavy atom. The fourth-order valence-electron chi connectivity index (χ4n) is 2.62. The normalized spacial score (nSPS) is 19.6. The standard InChI is InChI=1S/C15H27N5/c1-5-13-18-14(16-4)8-15(19-13)17-9-12-6-7-20(10-12)11(2)3/h8,11-12H,5-7,9-10H2,1-4H3,(H2,16,17,18,19). The molecule has 0 spiro atoms. The molecule has 20 heavy (non-hydrogen) atoms. The van der Waals surface area contributed by atoms with E-state index in [1.807, 2.05) is 13.1 Å². The third-order valence-electron chi connectivity index (χ3n) is 3.96. The fourth-order valence-corrected chi connectivity index (χ4v) is 2.62. The molecule has 112 valence electrons. The summed E-state index contributed by atoms with van der Waals surface area (Å²) in [6.07, 6.45) is 2.13. The van der Waals surface area contributed by atoms with Crippen LogP contribution in [0.1, 0.15) is 33.0 Å². The average molecular weight is 277 g/mol. The molecule has 5 heteroatoms. The van der Waals surface area contributed by atoms with Crippen LogP contribution in [0, 0.1) is 5.92 Å². The zero-order valence-electron chi connectivity index (χ0n) is 13.1. The molecule has 0 saturated carbocycles. The second-order valence-electron chi connectivity index (χ2n) is 5.78. The van der Waals surface area contributed by atoms with Crippen molar-refractivity contribution in [2.45, 2.75) is 39.7 Å². The highest BCUT2D eigenvalue weighted by molar-refractivity contribution is 5.47. The molecule has 0 aliphatic carbocycles. The smallest absolute Gasteiger partial charge is 0.132 e. The van der Waals surface area contributed by atoms with Gasteiger partial charge in [0, 0.05) is 38.7 Å². The highest BCUT2D eigenvalue weighted by Crippen LogP contribution is 2.19. The van der Waals surface area contributed by atoms with Crippen LogP contribution < -0.4 is 10.6 Å². The first-order chi connectivity index (χ1) is 9.62. The lowest BCUT2D eigenvalue weighted by molar-refractivity contribution is 0.266. The van der Waals surface area contributed by atoms with Crippen LogP contribution in [0.25, 0.3) is 0 Å². The van der Waals surface area contributed by atoms with Crippen molar-refractivity contribution in [1.82, 2.24) is 14.9 Å². The van der Waals surface area contributed by atoms with Gasteiger partial charge in [0.1, 0.15) is 17.5 Å². The van der Waals surface area contributed by atoms with Crippen LogP contribution in [0.5, 0.6) is 0 Å². The van der Waals surface area contributed by atoms with E-state index in [0.717, 1.165) is 36.3 Å². The summed E-state index contributed by atoms with van der Waals surface area (Å²) in [6, 6.07) is 2.63. The number of likely N-dealkylation sites (tertiary alicyclic amines) is 1. The zero-order valence-corrected chi connectivity index (χ0v) is 13.1. The van der Waals surface area contributed by atoms with Gasteiger partial charge in [-0.15, -0.1) is 0 Å². The first-order valence-corrected chi connectivity index (χ1v) is 7.66. The van der Waals surface area contributed by atoms with Crippen molar-refractivity contribution in [3.63, 3.8) is 0 Å². The van der Waals surface area contributed by atoms with Gasteiger partial charge in [0.2, 0.25) is 0 Å². The SMILES string of the molecule is CCc1nc(NC)cc(NCC2CCN(C(C)C)C2)n1. The molecule has 0 amide bonds. The lowest BCUT2D eigenvalue weighted by atomic mass is 10.1. The maximum Gasteiger partial charge on any atom is 0.132 e. The number of aryl methyl sites for hydroxylation is 1. The number of hydrogen-bond donors (Lipinski definition) is 2. The topological polar surface area (TPSA) is 53.1 Å². The molecule has 1 atom stereocenters. The van der Waals surface area contributed by atoms with E-state index in [4.69, 9.17) is 0 Å². The minimum Gasteiger partial charge on any atom is -0.373 e. The van der Waals surface area contributed by atoms with E-state index in [0.29, 0.717) is 6.04 Å². The minimum atomic E-state index is 0.654. The highest BCUT2D eigenvalue weighted by atomic mass is 15.2. The van der Waals surface area contributed by atoms with E-state index in [-0.39, 0.29) is 0 Å². The van der Waals surface area contributed by atoms with Crippen molar-refractivity contribution < 1.29 is 0 Å². The number of rotatable bonds is 6. The number of nitrogens with zero attached hydrogens (tertiary/aromatic N) is 3. The summed E-state index contributed by atoms with van der Waals surface area (Å²) in [5.74, 6) is 3.42. The Hall–Kier alpha value is -1.36. The van der Waals surface area contributed by atoms with Crippen molar-refractivity contribution in [3.05, 3.63) is 11.9 Å². The van der Waals surface area contributed by atoms with Gasteiger partial charge in [0.25, 0.3) is 0 Å². The molecule has 5 nitrogen and oxygen atoms in total. The summed E-state index contributed by atoms with van der Waals surface area (Å²) in [5, 5.41) is 6.57. The number of nitrogens with one attached hydrogen (secondary N) is 2. The summed E-state index contributed by atoms with van der Waals surface area (Å²) < 4.78 is 0. The Balaban J connectivity index is 1.91. The highest BCUT2D eigenvalue weighted by Gasteiger charge is 2.23. The van der Waals surface area contributed by atoms with Crippen molar-refractivity contribution >= 4 is 11.6 Å². The molecule has 2 heterocycles. The zero-order chi connectivity index (χ0) is 14.5. The first-order valence-electron chi connectivity index (χ1n) is 7.66. The monoisotopic (exact) mass is 277 g/mol. The summed E-state index contributed by atoms with van der Waals surface area (Å²) in [6.45, 7) is 10.0. The van der Waals surface area contributed by atoms with Crippen LogP contribution in [0.15, 0.2) is 6.07 Å². The fraction of sp³-hybridized carbons (Fsp3) is 0.733. The van der Waals surface area contributed by atoms with Crippen molar-refractivity contribution in [1.29, 1.82) is 0 Å². The Labute approximate surface area is 122 Å². The quantitative estimate of drug-likeness (QED) is 0.835. The Kier molecular flexibility index (Phi) is 5.17. The van der Waals surface area contributed by atoms with Gasteiger partial charge in [0.15, 0.2) is 0 Å². The van der Waals surface area contributed by atoms with Crippen molar-refractivity contribution in [3.8, 4) is 0 Å². The van der Waals surface area contributed by atoms with E-state index >= 15 is 0 Å². The van der Waals surface area contributed by atoms with E-state index in [9.17, 15) is 0 Å². The molecule has 1 fully saturated rings. The number of aromatic nitrogens is 2. The maximum absolute atomic E-state index is 4.54. The van der Waals surface area contributed by atoms with Crippen LogP contribution in [-0.4, -0.2) is 47.6 Å². The van der Waals surface area contributed by atoms with Crippen LogP contribution in [0.4, 0.5) is 11.6 Å². The largest absolute Gasteiger partial charge is 0.373 e. The maximum atomic E-state index is 4.54. The molecule has 0 radical (unpaired) electrons. The third-order valence-corrected chi connectivity index (χ3v) is 3.96. The molecule has 1 aliphatic rings. The summed E-state index contributed by atoms with van der Waals surface area (Å²) in [7, 11) is 1.89. The number of anilines is 2. The summed E-state index contributed by atoms with van der Waals surface area (Å²) in [4.78, 5) is 11.5. The minimum absolute atomic E-state index is 0.654. The molecule has 0 bridgehead atoms. The van der Waals surface area contributed by atoms with Gasteiger partial charge in [0.05, 0.1) is 0 Å². The predicted molar refractivity (Wildman–Crippen MR) is 84.3 cm³/mol. The van der Waals surface area contributed by atoms with Crippen LogP contribution in [0.2, 0.25) is 0 Å². The van der Waals surface area contributed by atoms with Gasteiger partial charge in [-0.2, -0.15) is 0 Å². The van der Waals surface area contributed by atoms with Gasteiger partial charge >= 0.3 is 0 Å². The second kappa shape index (κ2) is 6.88. The molecule has 1 aromatic rings. The van der Waals surface area contributed by atoms with E-state index in [1.54, 1.807) is 0 Å². The first kappa shape index (κ1) is 15.0. The Morgan fingerprint density at radius 3 is 2.70 bits per heavy atom. The van der Waals surface area contributed by atoms with Crippen molar-refractivity contribution in [2.24, 2.45) is 5.92 Å². The van der Waals surface area contributed by atoms with Gasteiger partial charge < -0.3 is 15.5 Å². The third kappa shape index (κ3) is 3.82. The van der Waals surface area contributed by atoms with Gasteiger partial charge in [-0.3, -0.25) is 0 Å². The molecular formula is C15H27N5. The molecule has 1 aromatic heterocycles. The summed E-state index contributed by atoms with van der Waals surface area (Å²) >= 11 is 0. The van der Waals surface area contributed by atoms with Crippen LogP contribution in [-0.2, 0) is 6.42 Å². The second-order valence-corrected chi connectivity index (χ2v) is 5.78. The molecular weight excluding hydrogens is 250 g/mol. The molecule has 1 unspecified atom stereocenters. The van der Waals surface area contributed by atoms with E-state index < -0.39 is 0 Å². The lowest BCUT2D eigenvalue weighted by Gasteiger charge is -2.20. The van der Waals surface area contributed by atoms with Crippen molar-refractivity contribution in [2.75, 3.05) is 37.3 Å². The Morgan fingerprint density at radius 2 is 2.10 bits per heavy atom. The van der Waals surface area contributed by atoms with Crippen LogP contribution in [0.3, 0.4) is 0 Å². The van der Waals surface area contributed by atoms with Gasteiger partial charge in [-0.1, -0.05) is 6.92 Å². The van der Waals surface area contributed by atoms with E-state index in [1.165, 1.54) is 19.5 Å². The van der Waals surface area contributed by atoms with Gasteiger partial charge in [-0.25, -0.2) is 9.97 Å². The van der Waals surface area contributed by atoms with Gasteiger partial charge in [-0.05, 0) is 32.7 Å². The molecule has 1 saturated heterocycles. The molecule has 0 aromatic carbocycles. The predicted octanol–water partition coefficient (Wildman–Crippen LogP) is 2.22. The van der Waals surface area contributed by atoms with E-state index in [2.05, 4.69) is 46.3 Å².